The summed E-state index contributed by atoms with van der Waals surface area (Å²) < 4.78 is 5.29. The molecule has 0 aromatic heterocycles. The van der Waals surface area contributed by atoms with Crippen molar-refractivity contribution in [1.29, 1.82) is 0 Å². The van der Waals surface area contributed by atoms with Gasteiger partial charge in [0.05, 0.1) is 0 Å². The molecule has 0 heterocycles. The number of hydrogen-bond donors (Lipinski definition) is 2. The smallest absolute Gasteiger partial charge is 0.326 e. The van der Waals surface area contributed by atoms with Gasteiger partial charge >= 0.3 is 5.97 Å². The molecule has 0 aromatic carbocycles. The van der Waals surface area contributed by atoms with Crippen LogP contribution in [-0.2, 0) is 14.3 Å². The lowest BCUT2D eigenvalue weighted by Crippen LogP contribution is -2.40. The molecule has 94 valence electrons. The molecule has 5 heteroatoms. The van der Waals surface area contributed by atoms with Crippen molar-refractivity contribution in [2.45, 2.75) is 39.7 Å². The Morgan fingerprint density at radius 1 is 1.25 bits per heavy atom. The first kappa shape index (κ1) is 14.9. The fourth-order valence-electron chi connectivity index (χ4n) is 1.13. The third-order valence-corrected chi connectivity index (χ3v) is 2.07. The number of amides is 1. The van der Waals surface area contributed by atoms with Crippen LogP contribution in [0.4, 0.5) is 0 Å². The van der Waals surface area contributed by atoms with Gasteiger partial charge in [0.15, 0.2) is 0 Å². The lowest BCUT2D eigenvalue weighted by molar-refractivity contribution is -0.142. The summed E-state index contributed by atoms with van der Waals surface area (Å²) in [6, 6.07) is -0.850. The zero-order valence-corrected chi connectivity index (χ0v) is 10.2. The fourth-order valence-corrected chi connectivity index (χ4v) is 1.13. The highest BCUT2D eigenvalue weighted by Gasteiger charge is 2.17. The topological polar surface area (TPSA) is 75.6 Å². The van der Waals surface area contributed by atoms with Gasteiger partial charge in [-0.15, -0.1) is 0 Å². The summed E-state index contributed by atoms with van der Waals surface area (Å²) in [5.41, 5.74) is 0. The number of carbonyl (C=O) groups is 2. The second kappa shape index (κ2) is 8.10. The van der Waals surface area contributed by atoms with Gasteiger partial charge in [-0.05, 0) is 12.3 Å². The van der Waals surface area contributed by atoms with Gasteiger partial charge in [-0.2, -0.15) is 0 Å². The van der Waals surface area contributed by atoms with Crippen LogP contribution in [0, 0.1) is 5.92 Å². The average Bonchev–Trinajstić information content (AvgIpc) is 2.14. The Kier molecular flexibility index (Phi) is 7.54. The Morgan fingerprint density at radius 3 is 2.25 bits per heavy atom. The Labute approximate surface area is 96.2 Å². The van der Waals surface area contributed by atoms with E-state index >= 15 is 0 Å². The number of ether oxygens (including phenoxy) is 1. The van der Waals surface area contributed by atoms with E-state index in [0.29, 0.717) is 25.6 Å². The van der Waals surface area contributed by atoms with Crippen molar-refractivity contribution in [2.24, 2.45) is 5.92 Å². The molecule has 0 aliphatic rings. The summed E-state index contributed by atoms with van der Waals surface area (Å²) in [5.74, 6) is -0.789. The normalized spacial score (nSPS) is 12.5. The minimum absolute atomic E-state index is 0.299. The first-order valence-electron chi connectivity index (χ1n) is 5.51. The van der Waals surface area contributed by atoms with Crippen molar-refractivity contribution >= 4 is 11.9 Å². The maximum atomic E-state index is 10.7. The maximum absolute atomic E-state index is 10.7. The van der Waals surface area contributed by atoms with Gasteiger partial charge in [0.25, 0.3) is 0 Å². The van der Waals surface area contributed by atoms with Gasteiger partial charge in [-0.1, -0.05) is 13.8 Å². The van der Waals surface area contributed by atoms with Gasteiger partial charge in [-0.25, -0.2) is 4.79 Å². The highest BCUT2D eigenvalue weighted by molar-refractivity contribution is 5.81. The first-order valence-corrected chi connectivity index (χ1v) is 5.51. The highest BCUT2D eigenvalue weighted by atomic mass is 16.5. The predicted octanol–water partition coefficient (Wildman–Crippen LogP) is 1.03. The van der Waals surface area contributed by atoms with E-state index in [2.05, 4.69) is 19.2 Å². The summed E-state index contributed by atoms with van der Waals surface area (Å²) in [5, 5.41) is 11.2. The predicted molar refractivity (Wildman–Crippen MR) is 60.1 cm³/mol. The summed E-state index contributed by atoms with van der Waals surface area (Å²) in [6.07, 6.45) is 1.25. The molecule has 0 saturated heterocycles. The molecule has 0 rings (SSSR count). The maximum Gasteiger partial charge on any atom is 0.326 e. The van der Waals surface area contributed by atoms with Crippen LogP contribution < -0.4 is 5.32 Å². The third kappa shape index (κ3) is 8.23. The minimum Gasteiger partial charge on any atom is -0.480 e. The van der Waals surface area contributed by atoms with Gasteiger partial charge in [0, 0.05) is 26.6 Å². The molecular weight excluding hydrogens is 210 g/mol. The van der Waals surface area contributed by atoms with Gasteiger partial charge in [0.2, 0.25) is 5.91 Å². The molecule has 0 bridgehead atoms. The average molecular weight is 231 g/mol. The van der Waals surface area contributed by atoms with Crippen molar-refractivity contribution < 1.29 is 19.4 Å². The van der Waals surface area contributed by atoms with Gasteiger partial charge in [0.1, 0.15) is 6.04 Å². The van der Waals surface area contributed by atoms with Crippen LogP contribution in [0.3, 0.4) is 0 Å². The fraction of sp³-hybridized carbons (Fsp3) is 0.818. The molecule has 0 aromatic rings. The van der Waals surface area contributed by atoms with Crippen LogP contribution in [0.5, 0.6) is 0 Å². The molecule has 0 aliphatic heterocycles. The molecule has 2 N–H and O–H groups in total. The van der Waals surface area contributed by atoms with Crippen LogP contribution in [0.15, 0.2) is 0 Å². The van der Waals surface area contributed by atoms with E-state index < -0.39 is 12.0 Å². The number of hydrogen-bond acceptors (Lipinski definition) is 3. The second-order valence-corrected chi connectivity index (χ2v) is 4.17. The molecular formula is C11H21NO4. The number of carboxylic acids is 1. The number of nitrogens with one attached hydrogen (secondary N) is 1. The van der Waals surface area contributed by atoms with Crippen LogP contribution in [-0.4, -0.2) is 36.2 Å². The zero-order chi connectivity index (χ0) is 12.6. The molecule has 1 atom stereocenters. The summed E-state index contributed by atoms with van der Waals surface area (Å²) in [6.45, 7) is 6.48. The van der Waals surface area contributed by atoms with Gasteiger partial charge in [-0.3, -0.25) is 4.79 Å². The van der Waals surface area contributed by atoms with E-state index in [1.54, 1.807) is 0 Å². The standard InChI is InChI=1S/C11H21NO4/c1-8(2)4-6-16-7-5-10(11(14)15)12-9(3)13/h8,10H,4-7H2,1-3H3,(H,12,13)(H,14,15). The SMILES string of the molecule is CC(=O)NC(CCOCCC(C)C)C(=O)O. The zero-order valence-electron chi connectivity index (χ0n) is 10.2. The van der Waals surface area contributed by atoms with E-state index in [0.717, 1.165) is 6.42 Å². The molecule has 16 heavy (non-hydrogen) atoms. The highest BCUT2D eigenvalue weighted by Crippen LogP contribution is 2.00. The van der Waals surface area contributed by atoms with Crippen molar-refractivity contribution in [1.82, 2.24) is 5.32 Å². The monoisotopic (exact) mass is 231 g/mol. The lowest BCUT2D eigenvalue weighted by atomic mass is 10.1. The molecule has 0 fully saturated rings. The number of rotatable bonds is 8. The molecule has 0 spiro atoms. The van der Waals surface area contributed by atoms with E-state index in [1.807, 2.05) is 0 Å². The van der Waals surface area contributed by atoms with E-state index in [-0.39, 0.29) is 5.91 Å². The molecule has 1 unspecified atom stereocenters. The molecule has 0 radical (unpaired) electrons. The van der Waals surface area contributed by atoms with E-state index in [9.17, 15) is 9.59 Å². The number of carboxylic acid groups (broad SMARTS) is 1. The largest absolute Gasteiger partial charge is 0.480 e. The van der Waals surface area contributed by atoms with E-state index in [4.69, 9.17) is 9.84 Å². The quantitative estimate of drug-likeness (QED) is 0.612. The molecule has 0 aliphatic carbocycles. The van der Waals surface area contributed by atoms with Gasteiger partial charge < -0.3 is 15.2 Å². The van der Waals surface area contributed by atoms with Crippen LogP contribution >= 0.6 is 0 Å². The first-order chi connectivity index (χ1) is 7.43. The Bertz CT molecular complexity index is 228. The molecule has 5 nitrogen and oxygen atoms in total. The van der Waals surface area contributed by atoms with Crippen molar-refractivity contribution in [3.8, 4) is 0 Å². The summed E-state index contributed by atoms with van der Waals surface area (Å²) in [4.78, 5) is 21.5. The summed E-state index contributed by atoms with van der Waals surface area (Å²) in [7, 11) is 0. The number of carbonyl (C=O) groups excluding carboxylic acids is 1. The summed E-state index contributed by atoms with van der Waals surface area (Å²) >= 11 is 0. The Balaban J connectivity index is 3.69. The lowest BCUT2D eigenvalue weighted by Gasteiger charge is -2.13. The van der Waals surface area contributed by atoms with Crippen LogP contribution in [0.1, 0.15) is 33.6 Å². The molecule has 0 saturated carbocycles. The van der Waals surface area contributed by atoms with Crippen molar-refractivity contribution in [3.05, 3.63) is 0 Å². The third-order valence-electron chi connectivity index (χ3n) is 2.07. The second-order valence-electron chi connectivity index (χ2n) is 4.17. The van der Waals surface area contributed by atoms with E-state index in [1.165, 1.54) is 6.92 Å². The number of aliphatic carboxylic acids is 1. The van der Waals surface area contributed by atoms with Crippen LogP contribution in [0.25, 0.3) is 0 Å². The Morgan fingerprint density at radius 2 is 1.81 bits per heavy atom. The van der Waals surface area contributed by atoms with Crippen molar-refractivity contribution in [2.75, 3.05) is 13.2 Å². The Hall–Kier alpha value is -1.10. The van der Waals surface area contributed by atoms with Crippen molar-refractivity contribution in [3.63, 3.8) is 0 Å². The van der Waals surface area contributed by atoms with Crippen LogP contribution in [0.2, 0.25) is 0 Å². The molecule has 1 amide bonds. The minimum atomic E-state index is -1.03.